The first-order valence-corrected chi connectivity index (χ1v) is 6.92. The molecule has 0 bridgehead atoms. The van der Waals surface area contributed by atoms with Gasteiger partial charge in [-0.1, -0.05) is 6.08 Å². The third kappa shape index (κ3) is 1.83. The van der Waals surface area contributed by atoms with Crippen LogP contribution in [0.1, 0.15) is 6.42 Å². The summed E-state index contributed by atoms with van der Waals surface area (Å²) < 4.78 is 30.7. The first-order valence-electron chi connectivity index (χ1n) is 5.31. The second-order valence-electron chi connectivity index (χ2n) is 4.46. The van der Waals surface area contributed by atoms with Crippen molar-refractivity contribution >= 4 is 15.9 Å². The highest BCUT2D eigenvalue weighted by Gasteiger charge is 2.45. The molecule has 1 unspecified atom stereocenters. The molecule has 1 aliphatic carbocycles. The molecule has 2 aliphatic heterocycles. The van der Waals surface area contributed by atoms with E-state index in [9.17, 15) is 13.2 Å². The van der Waals surface area contributed by atoms with Gasteiger partial charge in [0.15, 0.2) is 5.78 Å². The van der Waals surface area contributed by atoms with Crippen LogP contribution in [-0.2, 0) is 14.9 Å². The van der Waals surface area contributed by atoms with Crippen molar-refractivity contribution in [2.45, 2.75) is 6.42 Å². The molecule has 0 saturated heterocycles. The maximum absolute atomic E-state index is 11.7. The van der Waals surface area contributed by atoms with E-state index in [-0.39, 0.29) is 18.2 Å². The van der Waals surface area contributed by atoms with Crippen LogP contribution in [0.5, 0.6) is 0 Å². The van der Waals surface area contributed by atoms with Gasteiger partial charge in [0.05, 0.1) is 6.54 Å². The molecule has 17 heavy (non-hydrogen) atoms. The average molecular weight is 253 g/mol. The molecule has 0 radical (unpaired) electrons. The Balaban J connectivity index is 1.97. The Labute approximate surface area is 98.9 Å². The number of nitrogens with zero attached hydrogens (tertiary/aromatic N) is 1. The monoisotopic (exact) mass is 253 g/mol. The summed E-state index contributed by atoms with van der Waals surface area (Å²) in [5.41, 5.74) is 2.46. The lowest BCUT2D eigenvalue weighted by Crippen LogP contribution is -2.35. The van der Waals surface area contributed by atoms with Crippen LogP contribution >= 0.6 is 0 Å². The smallest absolute Gasteiger partial charge is 0.270 e. The highest BCUT2D eigenvalue weighted by Crippen LogP contribution is 2.47. The molecule has 0 aromatic rings. The first-order chi connectivity index (χ1) is 7.96. The molecule has 0 aromatic heterocycles. The third-order valence-corrected chi connectivity index (χ3v) is 3.89. The molecule has 0 aromatic carbocycles. The summed E-state index contributed by atoms with van der Waals surface area (Å²) in [6, 6.07) is 0. The van der Waals surface area contributed by atoms with Crippen molar-refractivity contribution in [3.63, 3.8) is 0 Å². The maximum atomic E-state index is 11.7. The van der Waals surface area contributed by atoms with Crippen LogP contribution in [-0.4, -0.2) is 36.0 Å². The minimum Gasteiger partial charge on any atom is -0.337 e. The second kappa shape index (κ2) is 3.30. The Morgan fingerprint density at radius 2 is 2.24 bits per heavy atom. The molecular weight excluding hydrogens is 242 g/mol. The van der Waals surface area contributed by atoms with Gasteiger partial charge >= 0.3 is 0 Å². The van der Waals surface area contributed by atoms with Crippen LogP contribution in [0.3, 0.4) is 0 Å². The van der Waals surface area contributed by atoms with Gasteiger partial charge in [-0.25, -0.2) is 0 Å². The maximum Gasteiger partial charge on any atom is 0.270 e. The molecule has 0 spiro atoms. The number of Topliss-reactive ketones (excluding diaryl/α,β-unsaturated/α-hetero) is 1. The third-order valence-electron chi connectivity index (χ3n) is 3.23. The highest BCUT2D eigenvalue weighted by atomic mass is 32.2. The Bertz CT molecular complexity index is 597. The van der Waals surface area contributed by atoms with Crippen LogP contribution in [0.25, 0.3) is 0 Å². The Morgan fingerprint density at radius 1 is 1.47 bits per heavy atom. The average Bonchev–Trinajstić information content (AvgIpc) is 2.97. The van der Waals surface area contributed by atoms with Crippen LogP contribution in [0.15, 0.2) is 35.2 Å². The first kappa shape index (κ1) is 10.7. The normalized spacial score (nSPS) is 26.6. The molecule has 1 fully saturated rings. The molecule has 6 heteroatoms. The summed E-state index contributed by atoms with van der Waals surface area (Å²) in [6.45, 7) is 0.204. The SMILES string of the molecule is O=C1CN2C(CS(=O)(=O)O)=CC=CC2=C2CC12. The standard InChI is InChI=1S/C11H11NO4S/c13-11-5-12-7(6-17(14,15)16)2-1-3-10(12)8-4-9(8)11/h1-3,9H,4-6H2,(H,14,15,16). The molecule has 2 heterocycles. The van der Waals surface area contributed by atoms with Crippen molar-refractivity contribution in [2.24, 2.45) is 5.92 Å². The molecule has 5 nitrogen and oxygen atoms in total. The molecular formula is C11H11NO4S. The fourth-order valence-corrected chi connectivity index (χ4v) is 3.01. The Hall–Kier alpha value is -1.40. The highest BCUT2D eigenvalue weighted by molar-refractivity contribution is 7.85. The quantitative estimate of drug-likeness (QED) is 0.725. The fourth-order valence-electron chi connectivity index (χ4n) is 2.38. The van der Waals surface area contributed by atoms with E-state index in [4.69, 9.17) is 4.55 Å². The van der Waals surface area contributed by atoms with Gasteiger partial charge < -0.3 is 4.90 Å². The number of allylic oxidation sites excluding steroid dienone is 4. The van der Waals surface area contributed by atoms with Crippen molar-refractivity contribution in [3.8, 4) is 0 Å². The van der Waals surface area contributed by atoms with Crippen molar-refractivity contribution in [1.29, 1.82) is 0 Å². The Kier molecular flexibility index (Phi) is 2.08. The van der Waals surface area contributed by atoms with E-state index in [0.717, 1.165) is 17.7 Å². The van der Waals surface area contributed by atoms with Crippen LogP contribution < -0.4 is 0 Å². The molecule has 1 atom stereocenters. The van der Waals surface area contributed by atoms with E-state index in [0.29, 0.717) is 5.70 Å². The van der Waals surface area contributed by atoms with E-state index < -0.39 is 15.9 Å². The van der Waals surface area contributed by atoms with Gasteiger partial charge in [-0.05, 0) is 24.1 Å². The summed E-state index contributed by atoms with van der Waals surface area (Å²) in [5.74, 6) is -0.275. The lowest BCUT2D eigenvalue weighted by molar-refractivity contribution is -0.120. The van der Waals surface area contributed by atoms with E-state index in [2.05, 4.69) is 0 Å². The van der Waals surface area contributed by atoms with Crippen LogP contribution in [0.4, 0.5) is 0 Å². The van der Waals surface area contributed by atoms with Crippen LogP contribution in [0, 0.1) is 5.92 Å². The summed E-state index contributed by atoms with van der Waals surface area (Å²) in [6.07, 6.45) is 6.04. The van der Waals surface area contributed by atoms with Crippen molar-refractivity contribution < 1.29 is 17.8 Å². The number of fused-ring (bicyclic) bond motifs is 2. The van der Waals surface area contributed by atoms with Crippen molar-refractivity contribution in [3.05, 3.63) is 35.2 Å². The van der Waals surface area contributed by atoms with E-state index >= 15 is 0 Å². The molecule has 1 saturated carbocycles. The van der Waals surface area contributed by atoms with Gasteiger partial charge in [0.1, 0.15) is 5.75 Å². The van der Waals surface area contributed by atoms with E-state index in [1.54, 1.807) is 17.1 Å². The van der Waals surface area contributed by atoms with E-state index in [1.165, 1.54) is 0 Å². The number of hydrogen-bond acceptors (Lipinski definition) is 4. The van der Waals surface area contributed by atoms with Crippen molar-refractivity contribution in [2.75, 3.05) is 12.3 Å². The number of carbonyl (C=O) groups is 1. The van der Waals surface area contributed by atoms with Crippen LogP contribution in [0.2, 0.25) is 0 Å². The largest absolute Gasteiger partial charge is 0.337 e. The van der Waals surface area contributed by atoms with Gasteiger partial charge in [0.25, 0.3) is 10.1 Å². The van der Waals surface area contributed by atoms with E-state index in [1.807, 2.05) is 6.08 Å². The minimum atomic E-state index is -4.07. The zero-order valence-corrected chi connectivity index (χ0v) is 9.77. The number of hydrogen-bond donors (Lipinski definition) is 1. The van der Waals surface area contributed by atoms with Crippen molar-refractivity contribution in [1.82, 2.24) is 4.90 Å². The fraction of sp³-hybridized carbons (Fsp3) is 0.364. The molecule has 0 amide bonds. The molecule has 90 valence electrons. The summed E-state index contributed by atoms with van der Waals surface area (Å²) in [7, 11) is -4.07. The molecule has 3 aliphatic rings. The van der Waals surface area contributed by atoms with Gasteiger partial charge in [-0.15, -0.1) is 0 Å². The summed E-state index contributed by atoms with van der Waals surface area (Å²) in [5, 5.41) is 0. The summed E-state index contributed by atoms with van der Waals surface area (Å²) >= 11 is 0. The topological polar surface area (TPSA) is 74.7 Å². The molecule has 1 N–H and O–H groups in total. The van der Waals surface area contributed by atoms with Gasteiger partial charge in [-0.2, -0.15) is 8.42 Å². The van der Waals surface area contributed by atoms with Gasteiger partial charge in [0, 0.05) is 17.3 Å². The summed E-state index contributed by atoms with van der Waals surface area (Å²) in [4.78, 5) is 13.4. The van der Waals surface area contributed by atoms with Gasteiger partial charge in [0.2, 0.25) is 0 Å². The second-order valence-corrected chi connectivity index (χ2v) is 5.92. The number of carbonyl (C=O) groups excluding carboxylic acids is 1. The zero-order chi connectivity index (χ0) is 12.2. The van der Waals surface area contributed by atoms with Gasteiger partial charge in [-0.3, -0.25) is 9.35 Å². The number of ketones is 1. The molecule has 3 rings (SSSR count). The minimum absolute atomic E-state index is 0.0518. The lowest BCUT2D eigenvalue weighted by atomic mass is 10.1. The Morgan fingerprint density at radius 3 is 2.94 bits per heavy atom. The predicted octanol–water partition coefficient (Wildman–Crippen LogP) is 0.487. The lowest BCUT2D eigenvalue weighted by Gasteiger charge is -2.31. The number of rotatable bonds is 2. The predicted molar refractivity (Wildman–Crippen MR) is 60.5 cm³/mol. The zero-order valence-electron chi connectivity index (χ0n) is 8.96.